The van der Waals surface area contributed by atoms with Gasteiger partial charge < -0.3 is 15.5 Å². The minimum absolute atomic E-state index is 0.0106. The summed E-state index contributed by atoms with van der Waals surface area (Å²) in [6, 6.07) is 5.71. The Hall–Kier alpha value is -2.25. The number of nitrogens with two attached hydrogens (primary N) is 1. The van der Waals surface area contributed by atoms with Crippen molar-refractivity contribution in [3.8, 4) is 17.1 Å². The van der Waals surface area contributed by atoms with Gasteiger partial charge in [0.15, 0.2) is 0 Å². The van der Waals surface area contributed by atoms with Crippen molar-refractivity contribution in [3.05, 3.63) is 46.6 Å². The minimum Gasteiger partial charge on any atom is -0.481 e. The van der Waals surface area contributed by atoms with Crippen LogP contribution in [0, 0.1) is 0 Å². The van der Waals surface area contributed by atoms with Gasteiger partial charge >= 0.3 is 6.18 Å². The summed E-state index contributed by atoms with van der Waals surface area (Å²) >= 11 is 6.30. The number of nitrogens with one attached hydrogen (secondary N) is 1. The molecule has 27 heavy (non-hydrogen) atoms. The van der Waals surface area contributed by atoms with Crippen molar-refractivity contribution in [1.82, 2.24) is 9.97 Å². The van der Waals surface area contributed by atoms with Crippen molar-refractivity contribution in [2.45, 2.75) is 25.4 Å². The third-order valence-electron chi connectivity index (χ3n) is 4.43. The van der Waals surface area contributed by atoms with Gasteiger partial charge in [-0.2, -0.15) is 13.2 Å². The summed E-state index contributed by atoms with van der Waals surface area (Å²) in [5.74, 6) is 0.425. The number of fused-ring (bicyclic) bond motifs is 1. The van der Waals surface area contributed by atoms with Crippen LogP contribution in [0.25, 0.3) is 22.2 Å². The Morgan fingerprint density at radius 1 is 1.19 bits per heavy atom. The van der Waals surface area contributed by atoms with E-state index in [1.54, 1.807) is 18.3 Å². The molecule has 0 unspecified atom stereocenters. The van der Waals surface area contributed by atoms with E-state index < -0.39 is 11.7 Å². The van der Waals surface area contributed by atoms with Crippen LogP contribution in [0.2, 0.25) is 5.02 Å². The summed E-state index contributed by atoms with van der Waals surface area (Å²) in [6.45, 7) is 0.517. The fourth-order valence-corrected chi connectivity index (χ4v) is 3.43. The van der Waals surface area contributed by atoms with E-state index >= 15 is 0 Å². The number of ether oxygens (including phenoxy) is 1. The minimum atomic E-state index is -4.49. The fraction of sp³-hybridized carbons (Fsp3) is 0.316. The summed E-state index contributed by atoms with van der Waals surface area (Å²) in [7, 11) is 1.50. The number of methoxy groups -OCH3 is 1. The molecule has 3 rings (SSSR count). The van der Waals surface area contributed by atoms with E-state index in [4.69, 9.17) is 22.1 Å². The van der Waals surface area contributed by atoms with Gasteiger partial charge in [-0.15, -0.1) is 0 Å². The molecular weight excluding hydrogens is 379 g/mol. The number of aryl methyl sites for hydroxylation is 1. The Labute approximate surface area is 159 Å². The monoisotopic (exact) mass is 397 g/mol. The Bertz CT molecular complexity index is 936. The van der Waals surface area contributed by atoms with Crippen LogP contribution >= 0.6 is 11.6 Å². The van der Waals surface area contributed by atoms with Gasteiger partial charge in [-0.1, -0.05) is 11.6 Å². The number of alkyl halides is 3. The van der Waals surface area contributed by atoms with Crippen LogP contribution in [0.15, 0.2) is 30.5 Å². The van der Waals surface area contributed by atoms with Gasteiger partial charge in [-0.3, -0.25) is 0 Å². The van der Waals surface area contributed by atoms with Crippen LogP contribution in [-0.4, -0.2) is 23.6 Å². The Balaban J connectivity index is 2.23. The highest BCUT2D eigenvalue weighted by atomic mass is 35.5. The molecule has 0 saturated carbocycles. The fourth-order valence-electron chi connectivity index (χ4n) is 3.16. The molecule has 1 aromatic carbocycles. The molecule has 3 aromatic rings. The van der Waals surface area contributed by atoms with Crippen molar-refractivity contribution in [2.24, 2.45) is 5.73 Å². The van der Waals surface area contributed by atoms with Crippen LogP contribution in [-0.2, 0) is 12.6 Å². The first-order valence-electron chi connectivity index (χ1n) is 8.47. The number of nitrogens with zero attached hydrogens (tertiary/aromatic N) is 1. The van der Waals surface area contributed by atoms with Gasteiger partial charge in [-0.05, 0) is 49.6 Å². The summed E-state index contributed by atoms with van der Waals surface area (Å²) in [4.78, 5) is 7.10. The highest BCUT2D eigenvalue weighted by Gasteiger charge is 2.34. The maximum atomic E-state index is 13.5. The molecule has 4 nitrogen and oxygen atoms in total. The predicted molar refractivity (Wildman–Crippen MR) is 100 cm³/mol. The van der Waals surface area contributed by atoms with Crippen molar-refractivity contribution < 1.29 is 17.9 Å². The zero-order valence-corrected chi connectivity index (χ0v) is 15.4. The largest absolute Gasteiger partial charge is 0.481 e. The highest BCUT2D eigenvalue weighted by Crippen LogP contribution is 2.42. The first-order chi connectivity index (χ1) is 12.9. The molecule has 3 N–H and O–H groups in total. The second-order valence-corrected chi connectivity index (χ2v) is 6.56. The lowest BCUT2D eigenvalue weighted by atomic mass is 10.00. The van der Waals surface area contributed by atoms with Gasteiger partial charge in [0.05, 0.1) is 28.9 Å². The molecule has 0 aliphatic heterocycles. The molecule has 2 heterocycles. The van der Waals surface area contributed by atoms with E-state index in [1.807, 2.05) is 0 Å². The molecule has 0 amide bonds. The topological polar surface area (TPSA) is 63.9 Å². The third-order valence-corrected chi connectivity index (χ3v) is 4.74. The second-order valence-electron chi connectivity index (χ2n) is 6.16. The van der Waals surface area contributed by atoms with Crippen molar-refractivity contribution >= 4 is 22.5 Å². The predicted octanol–water partition coefficient (Wildman–Crippen LogP) is 5.19. The SMILES string of the molecule is COc1ccc(-c2[nH]c3c(C(F)(F)F)ccc(Cl)c3c2CCCCN)cn1. The van der Waals surface area contributed by atoms with Gasteiger partial charge in [0.1, 0.15) is 0 Å². The molecule has 8 heteroatoms. The Morgan fingerprint density at radius 2 is 1.96 bits per heavy atom. The van der Waals surface area contributed by atoms with Crippen molar-refractivity contribution in [3.63, 3.8) is 0 Å². The smallest absolute Gasteiger partial charge is 0.418 e. The average molecular weight is 398 g/mol. The number of aromatic amines is 1. The molecule has 144 valence electrons. The van der Waals surface area contributed by atoms with E-state index in [0.29, 0.717) is 35.5 Å². The van der Waals surface area contributed by atoms with Gasteiger partial charge in [0, 0.05) is 23.2 Å². The normalized spacial score (nSPS) is 11.9. The van der Waals surface area contributed by atoms with E-state index in [-0.39, 0.29) is 10.5 Å². The number of pyridine rings is 1. The lowest BCUT2D eigenvalue weighted by Crippen LogP contribution is -2.05. The Kier molecular flexibility index (Phi) is 5.62. The molecule has 0 spiro atoms. The Morgan fingerprint density at radius 3 is 2.56 bits per heavy atom. The number of hydrogen-bond donors (Lipinski definition) is 2. The molecule has 0 aliphatic carbocycles. The summed E-state index contributed by atoms with van der Waals surface area (Å²) in [6.07, 6.45) is -0.857. The van der Waals surface area contributed by atoms with Crippen molar-refractivity contribution in [2.75, 3.05) is 13.7 Å². The maximum absolute atomic E-state index is 13.5. The molecule has 0 atom stereocenters. The van der Waals surface area contributed by atoms with Crippen LogP contribution in [0.4, 0.5) is 13.2 Å². The molecular formula is C19H19ClF3N3O. The quantitative estimate of drug-likeness (QED) is 0.562. The van der Waals surface area contributed by atoms with E-state index in [1.165, 1.54) is 13.2 Å². The molecule has 2 aromatic heterocycles. The van der Waals surface area contributed by atoms with Crippen LogP contribution in [0.1, 0.15) is 24.0 Å². The number of aromatic nitrogens is 2. The summed E-state index contributed by atoms with van der Waals surface area (Å²) in [5, 5.41) is 0.680. The molecule has 0 saturated heterocycles. The van der Waals surface area contributed by atoms with E-state index in [9.17, 15) is 13.2 Å². The van der Waals surface area contributed by atoms with E-state index in [0.717, 1.165) is 24.5 Å². The van der Waals surface area contributed by atoms with Crippen LogP contribution in [0.3, 0.4) is 0 Å². The lowest BCUT2D eigenvalue weighted by molar-refractivity contribution is -0.136. The summed E-state index contributed by atoms with van der Waals surface area (Å²) < 4.78 is 45.5. The highest BCUT2D eigenvalue weighted by molar-refractivity contribution is 6.36. The average Bonchev–Trinajstić information content (AvgIpc) is 3.01. The third kappa shape index (κ3) is 3.89. The first kappa shape index (κ1) is 19.5. The zero-order valence-electron chi connectivity index (χ0n) is 14.7. The number of halogens is 4. The summed E-state index contributed by atoms with van der Waals surface area (Å²) in [5.41, 5.74) is 6.80. The van der Waals surface area contributed by atoms with Crippen molar-refractivity contribution in [1.29, 1.82) is 0 Å². The number of hydrogen-bond acceptors (Lipinski definition) is 3. The number of rotatable bonds is 6. The number of benzene rings is 1. The van der Waals surface area contributed by atoms with Gasteiger partial charge in [0.2, 0.25) is 5.88 Å². The van der Waals surface area contributed by atoms with Gasteiger partial charge in [-0.25, -0.2) is 4.98 Å². The second kappa shape index (κ2) is 7.78. The first-order valence-corrected chi connectivity index (χ1v) is 8.85. The maximum Gasteiger partial charge on any atom is 0.418 e. The molecule has 0 fully saturated rings. The van der Waals surface area contributed by atoms with Crippen LogP contribution in [0.5, 0.6) is 5.88 Å². The van der Waals surface area contributed by atoms with E-state index in [2.05, 4.69) is 9.97 Å². The van der Waals surface area contributed by atoms with Gasteiger partial charge in [0.25, 0.3) is 0 Å². The zero-order chi connectivity index (χ0) is 19.6. The standard InChI is InChI=1S/C19H19ClF3N3O/c1-27-15-8-5-11(10-25-15)17-12(4-2-3-9-24)16-14(20)7-6-13(18(16)26-17)19(21,22)23/h5-8,10,26H,2-4,9,24H2,1H3. The molecule has 0 aliphatic rings. The van der Waals surface area contributed by atoms with Crippen LogP contribution < -0.4 is 10.5 Å². The molecule has 0 bridgehead atoms. The number of unbranched alkanes of at least 4 members (excludes halogenated alkanes) is 1. The molecule has 0 radical (unpaired) electrons. The lowest BCUT2D eigenvalue weighted by Gasteiger charge is -2.09. The number of H-pyrrole nitrogens is 1.